The third-order valence-corrected chi connectivity index (χ3v) is 7.54. The van der Waals surface area contributed by atoms with Gasteiger partial charge in [0.05, 0.1) is 30.2 Å². The Hall–Kier alpha value is -2.72. The summed E-state index contributed by atoms with van der Waals surface area (Å²) in [6.45, 7) is 8.12. The van der Waals surface area contributed by atoms with Crippen molar-refractivity contribution < 1.29 is 34.1 Å². The number of aldehydes is 1. The number of nitrogens with zero attached hydrogens (tertiary/aromatic N) is 1. The van der Waals surface area contributed by atoms with Crippen LogP contribution in [0.4, 0.5) is 0 Å². The van der Waals surface area contributed by atoms with Gasteiger partial charge in [-0.05, 0) is 50.5 Å². The number of nitrogens with one attached hydrogen (secondary N) is 2. The molecule has 2 amide bonds. The van der Waals surface area contributed by atoms with Gasteiger partial charge in [0.25, 0.3) is 0 Å². The van der Waals surface area contributed by atoms with Gasteiger partial charge in [-0.2, -0.15) is 0 Å². The molecule has 3 aliphatic rings. The molecule has 1 aliphatic carbocycles. The molecule has 0 aromatic carbocycles. The molecule has 0 saturated carbocycles. The van der Waals surface area contributed by atoms with E-state index in [0.29, 0.717) is 31.6 Å². The number of carbonyl (C=O) groups excluding carboxylic acids is 3. The standard InChI is InChI=1S/C27H41N3O7/c1-15(2)24(27(36)30-10-6-9-21(30)26(35)28-19(14-31)12-23(32)33)29-25(34)20-13-22(37-17(20)4)18-8-5-7-16(3)11-18/h5,7,13-21,24,26,28,35H,6,8-12H2,1-4H3,(H,29,34)(H,32,33)/t16?,17-,18?,19+,20?,21?,24?,26?/m1/s1. The van der Waals surface area contributed by atoms with Crippen LogP contribution >= 0.6 is 0 Å². The lowest BCUT2D eigenvalue weighted by Gasteiger charge is -2.34. The molecule has 6 unspecified atom stereocenters. The molecule has 0 spiro atoms. The Morgan fingerprint density at radius 3 is 2.62 bits per heavy atom. The summed E-state index contributed by atoms with van der Waals surface area (Å²) in [5.41, 5.74) is 0. The van der Waals surface area contributed by atoms with Crippen LogP contribution in [0.25, 0.3) is 0 Å². The Labute approximate surface area is 218 Å². The smallest absolute Gasteiger partial charge is 0.305 e. The van der Waals surface area contributed by atoms with Crippen molar-refractivity contribution in [2.45, 2.75) is 90.3 Å². The average Bonchev–Trinajstić information content (AvgIpc) is 3.48. The first-order chi connectivity index (χ1) is 17.5. The molecule has 10 heteroatoms. The van der Waals surface area contributed by atoms with Crippen LogP contribution in [0.3, 0.4) is 0 Å². The molecule has 1 fully saturated rings. The van der Waals surface area contributed by atoms with Crippen molar-refractivity contribution in [3.05, 3.63) is 24.0 Å². The van der Waals surface area contributed by atoms with Crippen LogP contribution in [0.2, 0.25) is 0 Å². The lowest BCUT2D eigenvalue weighted by molar-refractivity contribution is -0.142. The molecule has 3 rings (SSSR count). The second kappa shape index (κ2) is 12.7. The summed E-state index contributed by atoms with van der Waals surface area (Å²) in [4.78, 5) is 50.6. The summed E-state index contributed by atoms with van der Waals surface area (Å²) in [7, 11) is 0. The number of hydrogen-bond acceptors (Lipinski definition) is 7. The number of carboxylic acids is 1. The van der Waals surface area contributed by atoms with Crippen molar-refractivity contribution in [1.82, 2.24) is 15.5 Å². The first-order valence-corrected chi connectivity index (χ1v) is 13.3. The monoisotopic (exact) mass is 519 g/mol. The Bertz CT molecular complexity index is 918. The van der Waals surface area contributed by atoms with E-state index >= 15 is 0 Å². The molecule has 2 aliphatic heterocycles. The van der Waals surface area contributed by atoms with E-state index in [0.717, 1.165) is 18.6 Å². The van der Waals surface area contributed by atoms with Gasteiger partial charge in [0.1, 0.15) is 24.7 Å². The summed E-state index contributed by atoms with van der Waals surface area (Å²) in [5, 5.41) is 25.2. The zero-order valence-corrected chi connectivity index (χ0v) is 22.1. The number of aliphatic carboxylic acids is 1. The summed E-state index contributed by atoms with van der Waals surface area (Å²) in [6, 6.07) is -2.51. The van der Waals surface area contributed by atoms with Crippen molar-refractivity contribution in [1.29, 1.82) is 0 Å². The maximum absolute atomic E-state index is 13.6. The summed E-state index contributed by atoms with van der Waals surface area (Å²) in [6.07, 6.45) is 7.60. The molecule has 0 bridgehead atoms. The highest BCUT2D eigenvalue weighted by molar-refractivity contribution is 5.90. The number of carboxylic acid groups (broad SMARTS) is 1. The first-order valence-electron chi connectivity index (χ1n) is 13.3. The number of carbonyl (C=O) groups is 4. The fraction of sp³-hybridized carbons (Fsp3) is 0.704. The molecule has 37 heavy (non-hydrogen) atoms. The number of aliphatic hydroxyl groups excluding tert-OH is 1. The molecule has 0 radical (unpaired) electrons. The van der Waals surface area contributed by atoms with Crippen molar-refractivity contribution in [3.63, 3.8) is 0 Å². The fourth-order valence-electron chi connectivity index (χ4n) is 5.49. The average molecular weight is 520 g/mol. The first kappa shape index (κ1) is 28.8. The van der Waals surface area contributed by atoms with Crippen LogP contribution < -0.4 is 10.6 Å². The van der Waals surface area contributed by atoms with Gasteiger partial charge in [0, 0.05) is 12.5 Å². The Morgan fingerprint density at radius 1 is 1.27 bits per heavy atom. The molecular formula is C27H41N3O7. The second-order valence-electron chi connectivity index (χ2n) is 10.9. The Morgan fingerprint density at radius 2 is 2.00 bits per heavy atom. The predicted molar refractivity (Wildman–Crippen MR) is 136 cm³/mol. The Balaban J connectivity index is 1.67. The highest BCUT2D eigenvalue weighted by Crippen LogP contribution is 2.36. The number of amides is 2. The zero-order chi connectivity index (χ0) is 27.3. The van der Waals surface area contributed by atoms with Gasteiger partial charge in [-0.15, -0.1) is 0 Å². The molecule has 0 aromatic heterocycles. The van der Waals surface area contributed by atoms with Gasteiger partial charge in [-0.3, -0.25) is 19.7 Å². The lowest BCUT2D eigenvalue weighted by Crippen LogP contribution is -2.58. The number of ether oxygens (including phenoxy) is 1. The third-order valence-electron chi connectivity index (χ3n) is 7.54. The van der Waals surface area contributed by atoms with Crippen LogP contribution in [0.1, 0.15) is 59.8 Å². The second-order valence-corrected chi connectivity index (χ2v) is 10.9. The van der Waals surface area contributed by atoms with E-state index in [1.54, 1.807) is 0 Å². The molecular weight excluding hydrogens is 478 g/mol. The van der Waals surface area contributed by atoms with Crippen molar-refractivity contribution in [3.8, 4) is 0 Å². The minimum atomic E-state index is -1.27. The SMILES string of the molecule is CC1C=CCC(C2=CC(C(=O)NC(C(=O)N3CCCC3C(O)N[C@H](C=O)CC(=O)O)C(C)C)[C@@H](C)O2)C1. The summed E-state index contributed by atoms with van der Waals surface area (Å²) in [5.74, 6) is -0.914. The van der Waals surface area contributed by atoms with Crippen LogP contribution in [0.15, 0.2) is 24.0 Å². The van der Waals surface area contributed by atoms with Crippen LogP contribution in [-0.2, 0) is 23.9 Å². The quantitative estimate of drug-likeness (QED) is 0.183. The van der Waals surface area contributed by atoms with Gasteiger partial charge in [0.2, 0.25) is 11.8 Å². The number of hydrogen-bond donors (Lipinski definition) is 4. The fourth-order valence-corrected chi connectivity index (χ4v) is 5.49. The van der Waals surface area contributed by atoms with Crippen LogP contribution in [-0.4, -0.2) is 76.2 Å². The number of rotatable bonds is 11. The van der Waals surface area contributed by atoms with Gasteiger partial charge in [-0.25, -0.2) is 0 Å². The maximum atomic E-state index is 13.6. The van der Waals surface area contributed by atoms with E-state index in [-0.39, 0.29) is 29.8 Å². The topological polar surface area (TPSA) is 145 Å². The molecule has 1 saturated heterocycles. The van der Waals surface area contributed by atoms with Crippen molar-refractivity contribution in [2.24, 2.45) is 23.7 Å². The van der Waals surface area contributed by atoms with Gasteiger partial charge < -0.3 is 30.0 Å². The highest BCUT2D eigenvalue weighted by atomic mass is 16.5. The maximum Gasteiger partial charge on any atom is 0.305 e. The minimum Gasteiger partial charge on any atom is -0.494 e. The van der Waals surface area contributed by atoms with Crippen molar-refractivity contribution >= 4 is 24.1 Å². The predicted octanol–water partition coefficient (Wildman–Crippen LogP) is 1.59. The van der Waals surface area contributed by atoms with E-state index < -0.39 is 42.7 Å². The highest BCUT2D eigenvalue weighted by Gasteiger charge is 2.41. The number of likely N-dealkylation sites (tertiary alicyclic amines) is 1. The van der Waals surface area contributed by atoms with Gasteiger partial charge in [-0.1, -0.05) is 32.9 Å². The molecule has 2 heterocycles. The third kappa shape index (κ3) is 7.19. The van der Waals surface area contributed by atoms with Gasteiger partial charge in [0.15, 0.2) is 0 Å². The molecule has 206 valence electrons. The van der Waals surface area contributed by atoms with Crippen LogP contribution in [0, 0.1) is 23.7 Å². The number of aliphatic hydroxyl groups is 1. The van der Waals surface area contributed by atoms with Gasteiger partial charge >= 0.3 is 5.97 Å². The molecule has 10 nitrogen and oxygen atoms in total. The zero-order valence-electron chi connectivity index (χ0n) is 22.1. The van der Waals surface area contributed by atoms with Crippen LogP contribution in [0.5, 0.6) is 0 Å². The summed E-state index contributed by atoms with van der Waals surface area (Å²) < 4.78 is 6.07. The van der Waals surface area contributed by atoms with E-state index in [9.17, 15) is 24.3 Å². The summed E-state index contributed by atoms with van der Waals surface area (Å²) >= 11 is 0. The van der Waals surface area contributed by atoms with E-state index in [1.807, 2.05) is 26.8 Å². The Kier molecular flexibility index (Phi) is 9.89. The molecule has 0 aromatic rings. The normalized spacial score (nSPS) is 29.8. The number of allylic oxidation sites excluding steroid dienone is 3. The van der Waals surface area contributed by atoms with E-state index in [1.165, 1.54) is 4.90 Å². The van der Waals surface area contributed by atoms with E-state index in [4.69, 9.17) is 9.84 Å². The minimum absolute atomic E-state index is 0.206. The molecule has 4 N–H and O–H groups in total. The largest absolute Gasteiger partial charge is 0.494 e. The molecule has 8 atom stereocenters. The van der Waals surface area contributed by atoms with E-state index in [2.05, 4.69) is 29.7 Å². The van der Waals surface area contributed by atoms with Crippen molar-refractivity contribution in [2.75, 3.05) is 6.54 Å². The lowest BCUT2D eigenvalue weighted by atomic mass is 9.86.